The Morgan fingerprint density at radius 1 is 1.26 bits per heavy atom. The Labute approximate surface area is 133 Å². The number of halogens is 1. The first-order valence-corrected chi connectivity index (χ1v) is 7.37. The molecule has 1 amide bonds. The van der Waals surface area contributed by atoms with Crippen molar-refractivity contribution in [3.63, 3.8) is 0 Å². The van der Waals surface area contributed by atoms with Crippen LogP contribution in [-0.2, 0) is 4.74 Å². The van der Waals surface area contributed by atoms with Crippen molar-refractivity contribution in [2.24, 2.45) is 0 Å². The van der Waals surface area contributed by atoms with Crippen LogP contribution in [-0.4, -0.2) is 47.1 Å². The normalized spacial score (nSPS) is 14.6. The maximum absolute atomic E-state index is 13.3. The average molecular weight is 316 g/mol. The van der Waals surface area contributed by atoms with Crippen LogP contribution in [0, 0.1) is 12.7 Å². The minimum atomic E-state index is -0.342. The molecule has 1 N–H and O–H groups in total. The Balaban J connectivity index is 1.82. The summed E-state index contributed by atoms with van der Waals surface area (Å²) in [4.78, 5) is 22.7. The lowest BCUT2D eigenvalue weighted by Crippen LogP contribution is -2.41. The number of nitrogens with one attached hydrogen (secondary N) is 1. The first kappa shape index (κ1) is 15.4. The van der Waals surface area contributed by atoms with Crippen LogP contribution in [0.15, 0.2) is 30.3 Å². The molecule has 0 bridgehead atoms. The van der Waals surface area contributed by atoms with E-state index in [1.165, 1.54) is 12.1 Å². The fourth-order valence-corrected chi connectivity index (χ4v) is 2.38. The number of carbonyl (C=O) groups excluding carboxylic acids is 1. The number of nitrogens with zero attached hydrogens (tertiary/aromatic N) is 3. The zero-order chi connectivity index (χ0) is 16.2. The molecule has 2 heterocycles. The van der Waals surface area contributed by atoms with Gasteiger partial charge >= 0.3 is 0 Å². The van der Waals surface area contributed by atoms with Crippen molar-refractivity contribution in [2.75, 3.05) is 31.6 Å². The second kappa shape index (κ2) is 6.70. The molecule has 1 aromatic carbocycles. The van der Waals surface area contributed by atoms with Gasteiger partial charge in [-0.05, 0) is 25.1 Å². The van der Waals surface area contributed by atoms with Gasteiger partial charge in [0.05, 0.1) is 13.2 Å². The highest BCUT2D eigenvalue weighted by molar-refractivity contribution is 5.93. The maximum atomic E-state index is 13.3. The molecule has 0 radical (unpaired) electrons. The molecule has 3 rings (SSSR count). The first-order chi connectivity index (χ1) is 11.1. The van der Waals surface area contributed by atoms with Gasteiger partial charge in [0.1, 0.15) is 23.2 Å². The molecule has 23 heavy (non-hydrogen) atoms. The molecule has 1 saturated heterocycles. The number of amides is 1. The van der Waals surface area contributed by atoms with Crippen molar-refractivity contribution < 1.29 is 13.9 Å². The Kier molecular flexibility index (Phi) is 4.47. The van der Waals surface area contributed by atoms with E-state index in [4.69, 9.17) is 4.74 Å². The van der Waals surface area contributed by atoms with Gasteiger partial charge in [0.25, 0.3) is 5.91 Å². The SMILES string of the molecule is Cc1nc(Nc2cccc(F)c2)cc(C(=O)N2CCOCC2)n1. The highest BCUT2D eigenvalue weighted by Gasteiger charge is 2.20. The third-order valence-corrected chi connectivity index (χ3v) is 3.45. The molecule has 7 heteroatoms. The predicted molar refractivity (Wildman–Crippen MR) is 83.2 cm³/mol. The van der Waals surface area contributed by atoms with Gasteiger partial charge < -0.3 is 15.0 Å². The lowest BCUT2D eigenvalue weighted by atomic mass is 10.3. The fraction of sp³-hybridized carbons (Fsp3) is 0.312. The van der Waals surface area contributed by atoms with Crippen molar-refractivity contribution in [3.8, 4) is 0 Å². The van der Waals surface area contributed by atoms with Gasteiger partial charge in [-0.2, -0.15) is 0 Å². The molecule has 1 aromatic heterocycles. The molecule has 0 saturated carbocycles. The van der Waals surface area contributed by atoms with Crippen LogP contribution in [0.25, 0.3) is 0 Å². The van der Waals surface area contributed by atoms with E-state index in [0.29, 0.717) is 49.3 Å². The molecule has 0 spiro atoms. The van der Waals surface area contributed by atoms with E-state index in [0.717, 1.165) is 0 Å². The molecule has 1 fully saturated rings. The predicted octanol–water partition coefficient (Wildman–Crippen LogP) is 2.14. The van der Waals surface area contributed by atoms with E-state index in [-0.39, 0.29) is 11.7 Å². The summed E-state index contributed by atoms with van der Waals surface area (Å²) in [7, 11) is 0. The molecule has 0 unspecified atom stereocenters. The van der Waals surface area contributed by atoms with Crippen molar-refractivity contribution >= 4 is 17.4 Å². The second-order valence-corrected chi connectivity index (χ2v) is 5.23. The van der Waals surface area contributed by atoms with Crippen molar-refractivity contribution in [1.29, 1.82) is 0 Å². The van der Waals surface area contributed by atoms with E-state index >= 15 is 0 Å². The molecule has 2 aromatic rings. The number of morpholine rings is 1. The van der Waals surface area contributed by atoms with Crippen molar-refractivity contribution in [3.05, 3.63) is 47.7 Å². The molecular weight excluding hydrogens is 299 g/mol. The number of aromatic nitrogens is 2. The molecule has 1 aliphatic heterocycles. The second-order valence-electron chi connectivity index (χ2n) is 5.23. The van der Waals surface area contributed by atoms with Crippen molar-refractivity contribution in [1.82, 2.24) is 14.9 Å². The topological polar surface area (TPSA) is 67.4 Å². The van der Waals surface area contributed by atoms with Crippen LogP contribution in [0.4, 0.5) is 15.9 Å². The average Bonchev–Trinajstić information content (AvgIpc) is 2.54. The van der Waals surface area contributed by atoms with Gasteiger partial charge in [-0.15, -0.1) is 0 Å². The van der Waals surface area contributed by atoms with Crippen LogP contribution >= 0.6 is 0 Å². The van der Waals surface area contributed by atoms with E-state index in [1.807, 2.05) is 0 Å². The summed E-state index contributed by atoms with van der Waals surface area (Å²) in [5.41, 5.74) is 0.881. The summed E-state index contributed by atoms with van der Waals surface area (Å²) < 4.78 is 18.5. The Hall–Kier alpha value is -2.54. The minimum Gasteiger partial charge on any atom is -0.378 e. The summed E-state index contributed by atoms with van der Waals surface area (Å²) in [6.45, 7) is 3.88. The zero-order valence-corrected chi connectivity index (χ0v) is 12.8. The van der Waals surface area contributed by atoms with Crippen LogP contribution in [0.1, 0.15) is 16.3 Å². The van der Waals surface area contributed by atoms with Gasteiger partial charge in [-0.25, -0.2) is 14.4 Å². The van der Waals surface area contributed by atoms with Crippen LogP contribution in [0.3, 0.4) is 0 Å². The lowest BCUT2D eigenvalue weighted by molar-refractivity contribution is 0.0299. The highest BCUT2D eigenvalue weighted by Crippen LogP contribution is 2.17. The highest BCUT2D eigenvalue weighted by atomic mass is 19.1. The van der Waals surface area contributed by atoms with Gasteiger partial charge in [0, 0.05) is 24.8 Å². The number of aryl methyl sites for hydroxylation is 1. The van der Waals surface area contributed by atoms with Crippen LogP contribution < -0.4 is 5.32 Å². The molecule has 0 aliphatic carbocycles. The van der Waals surface area contributed by atoms with Crippen LogP contribution in [0.5, 0.6) is 0 Å². The first-order valence-electron chi connectivity index (χ1n) is 7.37. The van der Waals surface area contributed by atoms with Gasteiger partial charge in [-0.3, -0.25) is 4.79 Å². The smallest absolute Gasteiger partial charge is 0.272 e. The molecule has 0 atom stereocenters. The number of hydrogen-bond donors (Lipinski definition) is 1. The summed E-state index contributed by atoms with van der Waals surface area (Å²) in [5, 5.41) is 3.00. The van der Waals surface area contributed by atoms with Gasteiger partial charge in [0.15, 0.2) is 0 Å². The maximum Gasteiger partial charge on any atom is 0.272 e. The zero-order valence-electron chi connectivity index (χ0n) is 12.8. The monoisotopic (exact) mass is 316 g/mol. The van der Waals surface area contributed by atoms with E-state index in [2.05, 4.69) is 15.3 Å². The summed E-state index contributed by atoms with van der Waals surface area (Å²) >= 11 is 0. The Morgan fingerprint density at radius 3 is 2.78 bits per heavy atom. The number of ether oxygens (including phenoxy) is 1. The standard InChI is InChI=1S/C16H17FN4O2/c1-11-18-14(16(22)21-5-7-23-8-6-21)10-15(19-11)20-13-4-2-3-12(17)9-13/h2-4,9-10H,5-8H2,1H3,(H,18,19,20). The lowest BCUT2D eigenvalue weighted by Gasteiger charge is -2.26. The van der Waals surface area contributed by atoms with E-state index < -0.39 is 0 Å². The molecular formula is C16H17FN4O2. The summed E-state index contributed by atoms with van der Waals surface area (Å²) in [6.07, 6.45) is 0. The number of rotatable bonds is 3. The quantitative estimate of drug-likeness (QED) is 0.939. The third-order valence-electron chi connectivity index (χ3n) is 3.45. The largest absolute Gasteiger partial charge is 0.378 e. The minimum absolute atomic E-state index is 0.152. The van der Waals surface area contributed by atoms with E-state index in [1.54, 1.807) is 30.0 Å². The summed E-state index contributed by atoms with van der Waals surface area (Å²) in [5.74, 6) is 0.439. The van der Waals surface area contributed by atoms with Gasteiger partial charge in [0.2, 0.25) is 0 Å². The molecule has 120 valence electrons. The number of carbonyl (C=O) groups is 1. The van der Waals surface area contributed by atoms with Gasteiger partial charge in [-0.1, -0.05) is 6.07 Å². The third kappa shape index (κ3) is 3.81. The Bertz CT molecular complexity index is 717. The molecule has 6 nitrogen and oxygen atoms in total. The van der Waals surface area contributed by atoms with Crippen molar-refractivity contribution in [2.45, 2.75) is 6.92 Å². The number of benzene rings is 1. The molecule has 1 aliphatic rings. The summed E-state index contributed by atoms with van der Waals surface area (Å²) in [6, 6.07) is 7.63. The fourth-order valence-electron chi connectivity index (χ4n) is 2.38. The number of anilines is 2. The van der Waals surface area contributed by atoms with E-state index in [9.17, 15) is 9.18 Å². The van der Waals surface area contributed by atoms with Crippen LogP contribution in [0.2, 0.25) is 0 Å². The Morgan fingerprint density at radius 2 is 2.04 bits per heavy atom. The number of hydrogen-bond acceptors (Lipinski definition) is 5.